The molecule has 33 heavy (non-hydrogen) atoms. The first-order valence-corrected chi connectivity index (χ1v) is 11.8. The topological polar surface area (TPSA) is 109 Å². The van der Waals surface area contributed by atoms with E-state index in [1.807, 2.05) is 4.90 Å². The summed E-state index contributed by atoms with van der Waals surface area (Å²) in [4.78, 5) is 31.6. The molecule has 0 saturated carbocycles. The predicted molar refractivity (Wildman–Crippen MR) is 115 cm³/mol. The fourth-order valence-corrected chi connectivity index (χ4v) is 4.31. The maximum atomic E-state index is 13.3. The first kappa shape index (κ1) is 24.5. The highest BCUT2D eigenvalue weighted by Gasteiger charge is 2.23. The molecule has 0 bridgehead atoms. The maximum Gasteiger partial charge on any atom is 0.339 e. The molecule has 0 atom stereocenters. The minimum absolute atomic E-state index is 0.0740. The summed E-state index contributed by atoms with van der Waals surface area (Å²) in [5, 5.41) is 0. The number of amides is 1. The number of carbonyl (C=O) groups excluding carboxylic acids is 2. The van der Waals surface area contributed by atoms with Gasteiger partial charge in [0.05, 0.1) is 17.1 Å². The van der Waals surface area contributed by atoms with Crippen molar-refractivity contribution in [2.24, 2.45) is 0 Å². The van der Waals surface area contributed by atoms with Crippen LogP contribution >= 0.6 is 0 Å². The lowest BCUT2D eigenvalue weighted by Crippen LogP contribution is -2.49. The van der Waals surface area contributed by atoms with Crippen LogP contribution < -0.4 is 9.62 Å². The molecule has 1 N–H and O–H groups in total. The van der Waals surface area contributed by atoms with Crippen molar-refractivity contribution >= 4 is 27.7 Å². The van der Waals surface area contributed by atoms with Crippen LogP contribution in [0.15, 0.2) is 41.4 Å². The molecule has 1 saturated heterocycles. The standard InChI is InChI=1S/C21H24F2N4O5S/c1-2-32-21(29)15-3-6-19(24-14-15)26-9-11-27(12-10-26)20(28)7-8-25-33(30,31)16-4-5-17(22)18(23)13-16/h3-6,13-14,25H,2,7-12H2,1H3. The third-order valence-electron chi connectivity index (χ3n) is 5.05. The quantitative estimate of drug-likeness (QED) is 0.569. The normalized spacial score (nSPS) is 14.3. The predicted octanol–water partition coefficient (Wildman–Crippen LogP) is 1.55. The van der Waals surface area contributed by atoms with Crippen molar-refractivity contribution in [2.75, 3.05) is 44.2 Å². The van der Waals surface area contributed by atoms with Gasteiger partial charge in [-0.1, -0.05) is 0 Å². The van der Waals surface area contributed by atoms with Gasteiger partial charge < -0.3 is 14.5 Å². The molecule has 9 nitrogen and oxygen atoms in total. The molecule has 1 fully saturated rings. The summed E-state index contributed by atoms with van der Waals surface area (Å²) in [6.45, 7) is 3.74. The third-order valence-corrected chi connectivity index (χ3v) is 6.51. The van der Waals surface area contributed by atoms with Crippen LogP contribution in [0.5, 0.6) is 0 Å². The van der Waals surface area contributed by atoms with Crippen molar-refractivity contribution in [3.05, 3.63) is 53.7 Å². The Hall–Kier alpha value is -3.12. The van der Waals surface area contributed by atoms with Crippen LogP contribution in [-0.2, 0) is 19.6 Å². The number of halogens is 2. The number of hydrogen-bond donors (Lipinski definition) is 1. The van der Waals surface area contributed by atoms with Crippen molar-refractivity contribution in [2.45, 2.75) is 18.2 Å². The summed E-state index contributed by atoms with van der Waals surface area (Å²) >= 11 is 0. The monoisotopic (exact) mass is 482 g/mol. The molecule has 0 aliphatic carbocycles. The fraction of sp³-hybridized carbons (Fsp3) is 0.381. The molecule has 3 rings (SSSR count). The molecule has 0 unspecified atom stereocenters. The smallest absolute Gasteiger partial charge is 0.339 e. The van der Waals surface area contributed by atoms with Gasteiger partial charge in [-0.15, -0.1) is 0 Å². The molecule has 0 spiro atoms. The fourth-order valence-electron chi connectivity index (χ4n) is 3.27. The highest BCUT2D eigenvalue weighted by molar-refractivity contribution is 7.89. The molecule has 2 aromatic rings. The molecule has 1 aliphatic heterocycles. The Bertz CT molecular complexity index is 1100. The average Bonchev–Trinajstić information content (AvgIpc) is 2.81. The second-order valence-corrected chi connectivity index (χ2v) is 8.98. The Morgan fingerprint density at radius 2 is 1.82 bits per heavy atom. The van der Waals surface area contributed by atoms with Gasteiger partial charge >= 0.3 is 5.97 Å². The highest BCUT2D eigenvalue weighted by atomic mass is 32.2. The zero-order valence-electron chi connectivity index (χ0n) is 18.0. The van der Waals surface area contributed by atoms with E-state index in [2.05, 4.69) is 9.71 Å². The molecule has 1 aliphatic rings. The Balaban J connectivity index is 1.46. The molecule has 178 valence electrons. The van der Waals surface area contributed by atoms with Crippen molar-refractivity contribution < 1.29 is 31.5 Å². The van der Waals surface area contributed by atoms with E-state index in [9.17, 15) is 26.8 Å². The van der Waals surface area contributed by atoms with Gasteiger partial charge in [-0.2, -0.15) is 0 Å². The number of pyridine rings is 1. The largest absolute Gasteiger partial charge is 0.462 e. The van der Waals surface area contributed by atoms with Crippen LogP contribution in [0.2, 0.25) is 0 Å². The number of ether oxygens (including phenoxy) is 1. The van der Waals surface area contributed by atoms with E-state index in [-0.39, 0.29) is 25.5 Å². The number of anilines is 1. The number of hydrogen-bond acceptors (Lipinski definition) is 7. The molecule has 1 aromatic carbocycles. The lowest BCUT2D eigenvalue weighted by molar-refractivity contribution is -0.131. The lowest BCUT2D eigenvalue weighted by Gasteiger charge is -2.35. The van der Waals surface area contributed by atoms with E-state index in [0.29, 0.717) is 43.6 Å². The van der Waals surface area contributed by atoms with Gasteiger partial charge in [-0.25, -0.2) is 31.7 Å². The molecular weight excluding hydrogens is 458 g/mol. The van der Waals surface area contributed by atoms with Crippen LogP contribution in [0.1, 0.15) is 23.7 Å². The number of carbonyl (C=O) groups is 2. The van der Waals surface area contributed by atoms with Gasteiger partial charge in [0, 0.05) is 45.3 Å². The second kappa shape index (κ2) is 10.7. The summed E-state index contributed by atoms with van der Waals surface area (Å²) in [7, 11) is -4.06. The number of sulfonamides is 1. The summed E-state index contributed by atoms with van der Waals surface area (Å²) < 4.78 is 57.8. The number of nitrogens with one attached hydrogen (secondary N) is 1. The first-order valence-electron chi connectivity index (χ1n) is 10.3. The van der Waals surface area contributed by atoms with E-state index < -0.39 is 32.5 Å². The molecule has 2 heterocycles. The van der Waals surface area contributed by atoms with Crippen molar-refractivity contribution in [3.63, 3.8) is 0 Å². The number of esters is 1. The van der Waals surface area contributed by atoms with E-state index >= 15 is 0 Å². The number of nitrogens with zero attached hydrogens (tertiary/aromatic N) is 3. The van der Waals surface area contributed by atoms with Gasteiger partial charge in [0.15, 0.2) is 11.6 Å². The highest BCUT2D eigenvalue weighted by Crippen LogP contribution is 2.16. The van der Waals surface area contributed by atoms with E-state index in [0.717, 1.165) is 12.1 Å². The summed E-state index contributed by atoms with van der Waals surface area (Å²) in [5.74, 6) is -2.40. The zero-order valence-corrected chi connectivity index (χ0v) is 18.8. The van der Waals surface area contributed by atoms with Crippen LogP contribution in [0.3, 0.4) is 0 Å². The number of rotatable bonds is 8. The van der Waals surface area contributed by atoms with Crippen LogP contribution in [0, 0.1) is 11.6 Å². The minimum atomic E-state index is -4.06. The van der Waals surface area contributed by atoms with Gasteiger partial charge in [0.25, 0.3) is 0 Å². The molecule has 0 radical (unpaired) electrons. The molecular formula is C21H24F2N4O5S. The number of benzene rings is 1. The zero-order chi connectivity index (χ0) is 24.0. The maximum absolute atomic E-state index is 13.3. The van der Waals surface area contributed by atoms with Gasteiger partial charge in [0.1, 0.15) is 5.82 Å². The molecule has 1 aromatic heterocycles. The first-order chi connectivity index (χ1) is 15.7. The Labute approximate surface area is 190 Å². The number of piperazine rings is 1. The molecule has 1 amide bonds. The van der Waals surface area contributed by atoms with Crippen molar-refractivity contribution in [1.29, 1.82) is 0 Å². The molecule has 12 heteroatoms. The average molecular weight is 483 g/mol. The Kier molecular flexibility index (Phi) is 7.92. The summed E-state index contributed by atoms with van der Waals surface area (Å²) in [6.07, 6.45) is 1.37. The van der Waals surface area contributed by atoms with Gasteiger partial charge in [-0.05, 0) is 37.3 Å². The SMILES string of the molecule is CCOC(=O)c1ccc(N2CCN(C(=O)CCNS(=O)(=O)c3ccc(F)c(F)c3)CC2)nc1. The van der Waals surface area contributed by atoms with E-state index in [1.54, 1.807) is 24.0 Å². The Morgan fingerprint density at radius 3 is 2.42 bits per heavy atom. The summed E-state index contributed by atoms with van der Waals surface area (Å²) in [6, 6.07) is 5.63. The van der Waals surface area contributed by atoms with Crippen LogP contribution in [-0.4, -0.2) is 69.5 Å². The Morgan fingerprint density at radius 1 is 1.09 bits per heavy atom. The minimum Gasteiger partial charge on any atom is -0.462 e. The van der Waals surface area contributed by atoms with Crippen molar-refractivity contribution in [3.8, 4) is 0 Å². The lowest BCUT2D eigenvalue weighted by atomic mass is 10.2. The van der Waals surface area contributed by atoms with E-state index in [1.165, 1.54) is 6.20 Å². The van der Waals surface area contributed by atoms with Crippen LogP contribution in [0.4, 0.5) is 14.6 Å². The summed E-state index contributed by atoms with van der Waals surface area (Å²) in [5.41, 5.74) is 0.361. The van der Waals surface area contributed by atoms with E-state index in [4.69, 9.17) is 4.74 Å². The van der Waals surface area contributed by atoms with Gasteiger partial charge in [-0.3, -0.25) is 4.79 Å². The van der Waals surface area contributed by atoms with Crippen molar-refractivity contribution in [1.82, 2.24) is 14.6 Å². The van der Waals surface area contributed by atoms with Gasteiger partial charge in [0.2, 0.25) is 15.9 Å². The van der Waals surface area contributed by atoms with Crippen LogP contribution in [0.25, 0.3) is 0 Å². The number of aromatic nitrogens is 1. The third kappa shape index (κ3) is 6.23. The second-order valence-electron chi connectivity index (χ2n) is 7.22.